The van der Waals surface area contributed by atoms with Gasteiger partial charge in [0.2, 0.25) is 5.91 Å². The van der Waals surface area contributed by atoms with Gasteiger partial charge in [0.05, 0.1) is 0 Å². The van der Waals surface area contributed by atoms with Gasteiger partial charge in [0.25, 0.3) is 0 Å². The van der Waals surface area contributed by atoms with E-state index in [2.05, 4.69) is 13.2 Å². The quantitative estimate of drug-likeness (QED) is 0.425. The molecule has 0 saturated heterocycles. The Balaban J connectivity index is 2.84. The maximum Gasteiger partial charge on any atom is 0.234 e. The Bertz CT molecular complexity index is 393. The first kappa shape index (κ1) is 14.4. The summed E-state index contributed by atoms with van der Waals surface area (Å²) in [5, 5.41) is 0. The van der Waals surface area contributed by atoms with Crippen molar-refractivity contribution in [3.8, 4) is 0 Å². The second kappa shape index (κ2) is 6.34. The van der Waals surface area contributed by atoms with Gasteiger partial charge in [-0.25, -0.2) is 0 Å². The van der Waals surface area contributed by atoms with Crippen LogP contribution in [0.4, 0.5) is 0 Å². The first-order chi connectivity index (χ1) is 8.52. The Hall–Kier alpha value is -1.64. The molecule has 1 aliphatic carbocycles. The van der Waals surface area contributed by atoms with Crippen LogP contribution in [0, 0.1) is 5.92 Å². The van der Waals surface area contributed by atoms with Gasteiger partial charge in [0, 0.05) is 13.1 Å². The van der Waals surface area contributed by atoms with Crippen LogP contribution in [-0.2, 0) is 9.59 Å². The number of nitrogens with zero attached hydrogens (tertiary/aromatic N) is 1. The van der Waals surface area contributed by atoms with Crippen molar-refractivity contribution in [3.63, 3.8) is 0 Å². The van der Waals surface area contributed by atoms with Gasteiger partial charge in [0.1, 0.15) is 5.92 Å². The minimum absolute atomic E-state index is 0.00174. The second-order valence-electron chi connectivity index (χ2n) is 4.75. The third-order valence-electron chi connectivity index (χ3n) is 3.21. The van der Waals surface area contributed by atoms with Crippen molar-refractivity contribution in [2.45, 2.75) is 26.7 Å². The van der Waals surface area contributed by atoms with E-state index < -0.39 is 5.92 Å². The highest BCUT2D eigenvalue weighted by Gasteiger charge is 2.37. The zero-order valence-corrected chi connectivity index (χ0v) is 11.2. The topological polar surface area (TPSA) is 37.4 Å². The Labute approximate surface area is 109 Å². The lowest BCUT2D eigenvalue weighted by molar-refractivity contribution is -0.138. The van der Waals surface area contributed by atoms with Gasteiger partial charge in [-0.05, 0) is 32.3 Å². The van der Waals surface area contributed by atoms with E-state index in [4.69, 9.17) is 0 Å². The zero-order valence-electron chi connectivity index (χ0n) is 11.2. The van der Waals surface area contributed by atoms with Crippen LogP contribution in [0.2, 0.25) is 0 Å². The number of hydrogen-bond acceptors (Lipinski definition) is 2. The van der Waals surface area contributed by atoms with E-state index in [1.165, 1.54) is 0 Å². The SMILES string of the molecule is C=CCN(CC=C)C(=O)C1CCC(=C(C)C)C1=O. The van der Waals surface area contributed by atoms with Crippen molar-refractivity contribution in [2.24, 2.45) is 5.92 Å². The van der Waals surface area contributed by atoms with Crippen LogP contribution < -0.4 is 0 Å². The maximum atomic E-state index is 12.3. The number of amides is 1. The molecule has 3 nitrogen and oxygen atoms in total. The predicted octanol–water partition coefficient (Wildman–Crippen LogP) is 2.50. The third-order valence-corrected chi connectivity index (χ3v) is 3.21. The summed E-state index contributed by atoms with van der Waals surface area (Å²) >= 11 is 0. The van der Waals surface area contributed by atoms with Gasteiger partial charge < -0.3 is 4.90 Å². The van der Waals surface area contributed by atoms with Crippen LogP contribution in [0.3, 0.4) is 0 Å². The molecule has 1 rings (SSSR count). The van der Waals surface area contributed by atoms with E-state index >= 15 is 0 Å². The lowest BCUT2D eigenvalue weighted by Crippen LogP contribution is -2.38. The third kappa shape index (κ3) is 2.97. The lowest BCUT2D eigenvalue weighted by atomic mass is 10.0. The molecule has 0 aliphatic heterocycles. The molecule has 1 unspecified atom stereocenters. The summed E-state index contributed by atoms with van der Waals surface area (Å²) in [5.41, 5.74) is 1.85. The summed E-state index contributed by atoms with van der Waals surface area (Å²) < 4.78 is 0. The largest absolute Gasteiger partial charge is 0.335 e. The number of carbonyl (C=O) groups excluding carboxylic acids is 2. The fourth-order valence-corrected chi connectivity index (χ4v) is 2.27. The maximum absolute atomic E-state index is 12.3. The van der Waals surface area contributed by atoms with Crippen molar-refractivity contribution in [3.05, 3.63) is 36.5 Å². The average Bonchev–Trinajstić information content (AvgIpc) is 2.70. The van der Waals surface area contributed by atoms with Gasteiger partial charge in [-0.1, -0.05) is 17.7 Å². The van der Waals surface area contributed by atoms with E-state index in [0.717, 1.165) is 11.1 Å². The highest BCUT2D eigenvalue weighted by molar-refractivity contribution is 6.11. The van der Waals surface area contributed by atoms with Crippen LogP contribution in [0.25, 0.3) is 0 Å². The van der Waals surface area contributed by atoms with Crippen LogP contribution >= 0.6 is 0 Å². The number of allylic oxidation sites excluding steroid dienone is 2. The Morgan fingerprint density at radius 1 is 1.33 bits per heavy atom. The molecule has 3 heteroatoms. The first-order valence-electron chi connectivity index (χ1n) is 6.24. The minimum atomic E-state index is -0.505. The molecule has 0 aromatic heterocycles. The smallest absolute Gasteiger partial charge is 0.234 e. The minimum Gasteiger partial charge on any atom is -0.335 e. The standard InChI is InChI=1S/C15H21NO2/c1-5-9-16(10-6-2)15(18)13-8-7-12(11(3)4)14(13)17/h5-6,13H,1-2,7-10H2,3-4H3. The zero-order chi connectivity index (χ0) is 13.7. The highest BCUT2D eigenvalue weighted by atomic mass is 16.2. The van der Waals surface area contributed by atoms with E-state index in [9.17, 15) is 9.59 Å². The summed E-state index contributed by atoms with van der Waals surface area (Å²) in [4.78, 5) is 26.1. The predicted molar refractivity (Wildman–Crippen MR) is 73.1 cm³/mol. The van der Waals surface area contributed by atoms with Gasteiger partial charge >= 0.3 is 0 Å². The molecule has 1 fully saturated rings. The van der Waals surface area contributed by atoms with Gasteiger partial charge in [-0.3, -0.25) is 9.59 Å². The van der Waals surface area contributed by atoms with Crippen molar-refractivity contribution in [2.75, 3.05) is 13.1 Å². The number of ketones is 1. The molecule has 1 aliphatic rings. The summed E-state index contributed by atoms with van der Waals surface area (Å²) in [6.45, 7) is 12.0. The van der Waals surface area contributed by atoms with Crippen LogP contribution in [0.1, 0.15) is 26.7 Å². The molecular weight excluding hydrogens is 226 g/mol. The molecule has 98 valence electrons. The monoisotopic (exact) mass is 247 g/mol. The fraction of sp³-hybridized carbons (Fsp3) is 0.467. The van der Waals surface area contributed by atoms with Crippen LogP contribution in [0.15, 0.2) is 36.5 Å². The summed E-state index contributed by atoms with van der Waals surface area (Å²) in [7, 11) is 0. The van der Waals surface area contributed by atoms with Crippen molar-refractivity contribution >= 4 is 11.7 Å². The molecule has 1 atom stereocenters. The first-order valence-corrected chi connectivity index (χ1v) is 6.24. The molecule has 1 amide bonds. The number of rotatable bonds is 5. The fourth-order valence-electron chi connectivity index (χ4n) is 2.27. The van der Waals surface area contributed by atoms with Gasteiger partial charge in [0.15, 0.2) is 5.78 Å². The van der Waals surface area contributed by atoms with E-state index in [-0.39, 0.29) is 11.7 Å². The Kier molecular flexibility index (Phi) is 5.08. The van der Waals surface area contributed by atoms with Crippen molar-refractivity contribution in [1.29, 1.82) is 0 Å². The van der Waals surface area contributed by atoms with Gasteiger partial charge in [-0.2, -0.15) is 0 Å². The summed E-state index contributed by atoms with van der Waals surface area (Å²) in [6, 6.07) is 0. The molecule has 0 bridgehead atoms. The summed E-state index contributed by atoms with van der Waals surface area (Å²) in [6.07, 6.45) is 4.68. The van der Waals surface area contributed by atoms with Crippen molar-refractivity contribution in [1.82, 2.24) is 4.90 Å². The Morgan fingerprint density at radius 2 is 1.89 bits per heavy atom. The molecular formula is C15H21NO2. The second-order valence-corrected chi connectivity index (χ2v) is 4.75. The number of carbonyl (C=O) groups is 2. The normalized spacial score (nSPS) is 18.7. The molecule has 0 radical (unpaired) electrons. The molecule has 0 spiro atoms. The average molecular weight is 247 g/mol. The summed E-state index contributed by atoms with van der Waals surface area (Å²) in [5.74, 6) is -0.607. The highest BCUT2D eigenvalue weighted by Crippen LogP contribution is 2.30. The Morgan fingerprint density at radius 3 is 2.28 bits per heavy atom. The lowest BCUT2D eigenvalue weighted by Gasteiger charge is -2.22. The number of Topliss-reactive ketones (excluding diaryl/α,β-unsaturated/α-hetero) is 1. The molecule has 0 N–H and O–H groups in total. The molecule has 18 heavy (non-hydrogen) atoms. The molecule has 0 aromatic rings. The van der Waals surface area contributed by atoms with E-state index in [1.807, 2.05) is 13.8 Å². The van der Waals surface area contributed by atoms with Crippen molar-refractivity contribution < 1.29 is 9.59 Å². The molecule has 0 heterocycles. The van der Waals surface area contributed by atoms with Crippen LogP contribution in [-0.4, -0.2) is 29.7 Å². The van der Waals surface area contributed by atoms with Gasteiger partial charge in [-0.15, -0.1) is 13.2 Å². The molecule has 1 saturated carbocycles. The van der Waals surface area contributed by atoms with E-state index in [1.54, 1.807) is 17.1 Å². The number of hydrogen-bond donors (Lipinski definition) is 0. The molecule has 0 aromatic carbocycles. The van der Waals surface area contributed by atoms with E-state index in [0.29, 0.717) is 25.9 Å². The van der Waals surface area contributed by atoms with Crippen LogP contribution in [0.5, 0.6) is 0 Å².